The number of hydrogen-bond donors (Lipinski definition) is 0. The molecule has 1 heterocycles. The highest BCUT2D eigenvalue weighted by molar-refractivity contribution is 5.37. The van der Waals surface area contributed by atoms with Crippen molar-refractivity contribution in [3.8, 4) is 0 Å². The Kier molecular flexibility index (Phi) is 1.89. The SMILES string of the molecule is Cc1cccc2c1COCC2C. The molecule has 0 saturated heterocycles. The minimum atomic E-state index is 0.564. The summed E-state index contributed by atoms with van der Waals surface area (Å²) in [5.74, 6) is 0.564. The van der Waals surface area contributed by atoms with Gasteiger partial charge in [-0.2, -0.15) is 0 Å². The van der Waals surface area contributed by atoms with Crippen LogP contribution in [-0.4, -0.2) is 6.61 Å². The smallest absolute Gasteiger partial charge is 0.0722 e. The quantitative estimate of drug-likeness (QED) is 0.569. The maximum atomic E-state index is 5.49. The van der Waals surface area contributed by atoms with Crippen molar-refractivity contribution in [1.29, 1.82) is 0 Å². The Labute approximate surface area is 73.4 Å². The molecular formula is C11H14O. The summed E-state index contributed by atoms with van der Waals surface area (Å²) in [5, 5.41) is 0. The summed E-state index contributed by atoms with van der Waals surface area (Å²) in [5.41, 5.74) is 4.23. The van der Waals surface area contributed by atoms with Crippen LogP contribution in [0.1, 0.15) is 29.5 Å². The third kappa shape index (κ3) is 1.14. The van der Waals surface area contributed by atoms with Crippen LogP contribution < -0.4 is 0 Å². The minimum absolute atomic E-state index is 0.564. The first-order valence-electron chi connectivity index (χ1n) is 4.45. The van der Waals surface area contributed by atoms with Gasteiger partial charge in [-0.15, -0.1) is 0 Å². The summed E-state index contributed by atoms with van der Waals surface area (Å²) in [6.07, 6.45) is 0. The fourth-order valence-electron chi connectivity index (χ4n) is 1.81. The molecular weight excluding hydrogens is 148 g/mol. The van der Waals surface area contributed by atoms with Gasteiger partial charge >= 0.3 is 0 Å². The largest absolute Gasteiger partial charge is 0.376 e. The van der Waals surface area contributed by atoms with E-state index in [1.807, 2.05) is 0 Å². The lowest BCUT2D eigenvalue weighted by Gasteiger charge is -2.23. The van der Waals surface area contributed by atoms with Crippen molar-refractivity contribution in [2.24, 2.45) is 0 Å². The van der Waals surface area contributed by atoms with Crippen LogP contribution in [0.4, 0.5) is 0 Å². The monoisotopic (exact) mass is 162 g/mol. The average Bonchev–Trinajstić information content (AvgIpc) is 2.07. The Morgan fingerprint density at radius 1 is 1.42 bits per heavy atom. The first-order valence-corrected chi connectivity index (χ1v) is 4.45. The van der Waals surface area contributed by atoms with E-state index >= 15 is 0 Å². The molecule has 1 aromatic rings. The Morgan fingerprint density at radius 3 is 3.00 bits per heavy atom. The van der Waals surface area contributed by atoms with E-state index in [9.17, 15) is 0 Å². The van der Waals surface area contributed by atoms with Gasteiger partial charge in [0, 0.05) is 5.92 Å². The number of fused-ring (bicyclic) bond motifs is 1. The van der Waals surface area contributed by atoms with Crippen molar-refractivity contribution in [3.63, 3.8) is 0 Å². The fourth-order valence-corrected chi connectivity index (χ4v) is 1.81. The maximum Gasteiger partial charge on any atom is 0.0722 e. The van der Waals surface area contributed by atoms with Crippen molar-refractivity contribution in [2.45, 2.75) is 26.4 Å². The first kappa shape index (κ1) is 7.81. The van der Waals surface area contributed by atoms with Gasteiger partial charge in [0.2, 0.25) is 0 Å². The second kappa shape index (κ2) is 2.91. The van der Waals surface area contributed by atoms with Gasteiger partial charge in [-0.1, -0.05) is 25.1 Å². The highest BCUT2D eigenvalue weighted by Gasteiger charge is 2.17. The molecule has 0 saturated carbocycles. The van der Waals surface area contributed by atoms with Gasteiger partial charge in [0.15, 0.2) is 0 Å². The van der Waals surface area contributed by atoms with E-state index < -0.39 is 0 Å². The lowest BCUT2D eigenvalue weighted by atomic mass is 9.92. The number of ether oxygens (including phenoxy) is 1. The van der Waals surface area contributed by atoms with Gasteiger partial charge in [0.05, 0.1) is 13.2 Å². The molecule has 0 N–H and O–H groups in total. The van der Waals surface area contributed by atoms with Crippen LogP contribution >= 0.6 is 0 Å². The third-order valence-corrected chi connectivity index (χ3v) is 2.59. The van der Waals surface area contributed by atoms with Crippen molar-refractivity contribution in [1.82, 2.24) is 0 Å². The highest BCUT2D eigenvalue weighted by Crippen LogP contribution is 2.27. The molecule has 1 heteroatoms. The number of benzene rings is 1. The molecule has 0 aliphatic carbocycles. The zero-order valence-electron chi connectivity index (χ0n) is 7.63. The van der Waals surface area contributed by atoms with Gasteiger partial charge in [0.25, 0.3) is 0 Å². The summed E-state index contributed by atoms with van der Waals surface area (Å²) in [4.78, 5) is 0. The van der Waals surface area contributed by atoms with Crippen LogP contribution in [0.2, 0.25) is 0 Å². The highest BCUT2D eigenvalue weighted by atomic mass is 16.5. The Balaban J connectivity index is 2.52. The van der Waals surface area contributed by atoms with E-state index in [1.165, 1.54) is 16.7 Å². The lowest BCUT2D eigenvalue weighted by molar-refractivity contribution is 0.0946. The number of aryl methyl sites for hydroxylation is 1. The van der Waals surface area contributed by atoms with Crippen molar-refractivity contribution in [3.05, 3.63) is 34.9 Å². The predicted octanol–water partition coefficient (Wildman–Crippen LogP) is 2.63. The van der Waals surface area contributed by atoms with E-state index in [2.05, 4.69) is 32.0 Å². The lowest BCUT2D eigenvalue weighted by Crippen LogP contribution is -2.15. The molecule has 0 aromatic heterocycles. The molecule has 1 aliphatic rings. The summed E-state index contributed by atoms with van der Waals surface area (Å²) in [6, 6.07) is 6.51. The predicted molar refractivity (Wildman–Crippen MR) is 49.3 cm³/mol. The van der Waals surface area contributed by atoms with E-state index in [4.69, 9.17) is 4.74 Å². The van der Waals surface area contributed by atoms with Crippen LogP contribution in [0.25, 0.3) is 0 Å². The van der Waals surface area contributed by atoms with E-state index in [0.29, 0.717) is 5.92 Å². The summed E-state index contributed by atoms with van der Waals surface area (Å²) in [6.45, 7) is 6.04. The molecule has 1 atom stereocenters. The average molecular weight is 162 g/mol. The van der Waals surface area contributed by atoms with Gasteiger partial charge < -0.3 is 4.74 Å². The molecule has 0 fully saturated rings. The van der Waals surface area contributed by atoms with E-state index in [0.717, 1.165) is 13.2 Å². The zero-order chi connectivity index (χ0) is 8.55. The van der Waals surface area contributed by atoms with Crippen LogP contribution in [0.15, 0.2) is 18.2 Å². The second-order valence-corrected chi connectivity index (χ2v) is 3.56. The molecule has 12 heavy (non-hydrogen) atoms. The van der Waals surface area contributed by atoms with Crippen LogP contribution in [-0.2, 0) is 11.3 Å². The molecule has 1 nitrogen and oxygen atoms in total. The van der Waals surface area contributed by atoms with Gasteiger partial charge in [-0.3, -0.25) is 0 Å². The Bertz CT molecular complexity index is 291. The van der Waals surface area contributed by atoms with E-state index in [-0.39, 0.29) is 0 Å². The maximum absolute atomic E-state index is 5.49. The molecule has 1 unspecified atom stereocenters. The second-order valence-electron chi connectivity index (χ2n) is 3.56. The molecule has 2 rings (SSSR count). The summed E-state index contributed by atoms with van der Waals surface area (Å²) in [7, 11) is 0. The van der Waals surface area contributed by atoms with Crippen molar-refractivity contribution >= 4 is 0 Å². The molecule has 1 aromatic carbocycles. The van der Waals surface area contributed by atoms with Crippen LogP contribution in [0.5, 0.6) is 0 Å². The van der Waals surface area contributed by atoms with Crippen molar-refractivity contribution < 1.29 is 4.74 Å². The Hall–Kier alpha value is -0.820. The molecule has 0 spiro atoms. The number of rotatable bonds is 0. The molecule has 0 amide bonds. The fraction of sp³-hybridized carbons (Fsp3) is 0.455. The summed E-state index contributed by atoms with van der Waals surface area (Å²) < 4.78 is 5.49. The molecule has 1 aliphatic heterocycles. The van der Waals surface area contributed by atoms with Crippen LogP contribution in [0.3, 0.4) is 0 Å². The standard InChI is InChI=1S/C11H14O/c1-8-4-3-5-10-9(2)6-12-7-11(8)10/h3-5,9H,6-7H2,1-2H3. The van der Waals surface area contributed by atoms with Gasteiger partial charge in [-0.25, -0.2) is 0 Å². The summed E-state index contributed by atoms with van der Waals surface area (Å²) >= 11 is 0. The minimum Gasteiger partial charge on any atom is -0.376 e. The molecule has 0 radical (unpaired) electrons. The number of hydrogen-bond acceptors (Lipinski definition) is 1. The normalized spacial score (nSPS) is 22.0. The zero-order valence-corrected chi connectivity index (χ0v) is 7.63. The topological polar surface area (TPSA) is 9.23 Å². The Morgan fingerprint density at radius 2 is 2.25 bits per heavy atom. The van der Waals surface area contributed by atoms with Gasteiger partial charge in [0.1, 0.15) is 0 Å². The van der Waals surface area contributed by atoms with E-state index in [1.54, 1.807) is 0 Å². The van der Waals surface area contributed by atoms with Crippen LogP contribution in [0, 0.1) is 6.92 Å². The first-order chi connectivity index (χ1) is 5.79. The van der Waals surface area contributed by atoms with Gasteiger partial charge in [-0.05, 0) is 23.6 Å². The molecule has 64 valence electrons. The van der Waals surface area contributed by atoms with Crippen molar-refractivity contribution in [2.75, 3.05) is 6.61 Å². The molecule has 0 bridgehead atoms. The third-order valence-electron chi connectivity index (χ3n) is 2.59.